The van der Waals surface area contributed by atoms with E-state index in [0.717, 1.165) is 18.5 Å². The molecule has 0 spiro atoms. The van der Waals surface area contributed by atoms with Crippen molar-refractivity contribution in [1.82, 2.24) is 19.5 Å². The molecule has 114 valence electrons. The normalized spacial score (nSPS) is 11.5. The number of anilines is 1. The van der Waals surface area contributed by atoms with Gasteiger partial charge in [-0.3, -0.25) is 4.68 Å². The highest BCUT2D eigenvalue weighted by Gasteiger charge is 2.14. The van der Waals surface area contributed by atoms with E-state index in [2.05, 4.69) is 20.1 Å². The smallest absolute Gasteiger partial charge is 0.241 e. The molecule has 0 aliphatic rings. The average Bonchev–Trinajstić information content (AvgIpc) is 2.89. The van der Waals surface area contributed by atoms with Crippen LogP contribution in [0.15, 0.2) is 35.6 Å². The second kappa shape index (κ2) is 6.68. The third kappa shape index (κ3) is 4.27. The van der Waals surface area contributed by atoms with E-state index in [1.165, 1.54) is 18.3 Å². The summed E-state index contributed by atoms with van der Waals surface area (Å²) in [5.74, 6) is 0.557. The van der Waals surface area contributed by atoms with Crippen LogP contribution in [-0.2, 0) is 23.6 Å². The second-order valence-electron chi connectivity index (χ2n) is 4.65. The van der Waals surface area contributed by atoms with E-state index in [1.54, 1.807) is 24.1 Å². The highest BCUT2D eigenvalue weighted by molar-refractivity contribution is 7.89. The molecule has 2 aromatic heterocycles. The fraction of sp³-hybridized carbons (Fsp3) is 0.385. The molecule has 0 saturated heterocycles. The Morgan fingerprint density at radius 3 is 2.86 bits per heavy atom. The van der Waals surface area contributed by atoms with Crippen LogP contribution in [0.2, 0.25) is 0 Å². The molecule has 0 amide bonds. The number of hydrogen-bond donors (Lipinski definition) is 2. The number of rotatable bonds is 7. The minimum atomic E-state index is -3.56. The molecular formula is C13H19N5O2S. The molecule has 0 aromatic carbocycles. The van der Waals surface area contributed by atoms with Crippen LogP contribution in [-0.4, -0.2) is 29.7 Å². The molecular weight excluding hydrogens is 290 g/mol. The molecule has 7 nitrogen and oxygen atoms in total. The topological polar surface area (TPSA) is 88.9 Å². The van der Waals surface area contributed by atoms with Gasteiger partial charge in [0.15, 0.2) is 0 Å². The average molecular weight is 309 g/mol. The minimum Gasteiger partial charge on any atom is -0.370 e. The van der Waals surface area contributed by atoms with Crippen LogP contribution in [0.1, 0.15) is 18.9 Å². The van der Waals surface area contributed by atoms with Gasteiger partial charge in [-0.05, 0) is 12.5 Å². The molecule has 21 heavy (non-hydrogen) atoms. The Labute approximate surface area is 124 Å². The number of nitrogens with zero attached hydrogens (tertiary/aromatic N) is 3. The number of aromatic nitrogens is 3. The highest BCUT2D eigenvalue weighted by atomic mass is 32.2. The van der Waals surface area contributed by atoms with Crippen molar-refractivity contribution in [2.45, 2.75) is 24.8 Å². The molecule has 2 N–H and O–H groups in total. The molecule has 2 aromatic rings. The summed E-state index contributed by atoms with van der Waals surface area (Å²) in [6.07, 6.45) is 5.82. The van der Waals surface area contributed by atoms with Gasteiger partial charge in [0, 0.05) is 44.2 Å². The Bertz CT molecular complexity index is 696. The van der Waals surface area contributed by atoms with E-state index in [4.69, 9.17) is 0 Å². The molecule has 2 heterocycles. The first-order valence-electron chi connectivity index (χ1n) is 6.68. The predicted molar refractivity (Wildman–Crippen MR) is 80.3 cm³/mol. The monoisotopic (exact) mass is 309 g/mol. The summed E-state index contributed by atoms with van der Waals surface area (Å²) in [6.45, 7) is 2.98. The van der Waals surface area contributed by atoms with E-state index in [-0.39, 0.29) is 11.4 Å². The van der Waals surface area contributed by atoms with Crippen molar-refractivity contribution in [3.63, 3.8) is 0 Å². The van der Waals surface area contributed by atoms with Crippen molar-refractivity contribution in [2.75, 3.05) is 11.9 Å². The standard InChI is InChI=1S/C13H19N5O2S/c1-3-5-14-13-7-12(4-6-15-13)21(19,20)17-9-11-8-16-18(2)10-11/h4,6-8,10,17H,3,5,9H2,1-2H3,(H,14,15). The van der Waals surface area contributed by atoms with E-state index in [0.29, 0.717) is 5.82 Å². The van der Waals surface area contributed by atoms with Gasteiger partial charge in [0.1, 0.15) is 5.82 Å². The van der Waals surface area contributed by atoms with Gasteiger partial charge in [0.25, 0.3) is 0 Å². The van der Waals surface area contributed by atoms with Gasteiger partial charge >= 0.3 is 0 Å². The van der Waals surface area contributed by atoms with Gasteiger partial charge in [0.05, 0.1) is 11.1 Å². The lowest BCUT2D eigenvalue weighted by atomic mass is 10.4. The van der Waals surface area contributed by atoms with Crippen LogP contribution in [0.25, 0.3) is 0 Å². The summed E-state index contributed by atoms with van der Waals surface area (Å²) in [6, 6.07) is 3.00. The lowest BCUT2D eigenvalue weighted by molar-refractivity contribution is 0.581. The lowest BCUT2D eigenvalue weighted by Gasteiger charge is -2.08. The Hall–Kier alpha value is -1.93. The van der Waals surface area contributed by atoms with E-state index >= 15 is 0 Å². The quantitative estimate of drug-likeness (QED) is 0.800. The zero-order valence-electron chi connectivity index (χ0n) is 12.1. The van der Waals surface area contributed by atoms with Crippen LogP contribution in [0.5, 0.6) is 0 Å². The van der Waals surface area contributed by atoms with Crippen molar-refractivity contribution in [3.05, 3.63) is 36.3 Å². The zero-order chi connectivity index (χ0) is 15.3. The molecule has 0 unspecified atom stereocenters. The summed E-state index contributed by atoms with van der Waals surface area (Å²) in [5, 5.41) is 7.07. The SMILES string of the molecule is CCCNc1cc(S(=O)(=O)NCc2cnn(C)c2)ccn1. The van der Waals surface area contributed by atoms with E-state index in [1.807, 2.05) is 6.92 Å². The molecule has 0 fully saturated rings. The summed E-state index contributed by atoms with van der Waals surface area (Å²) < 4.78 is 28.7. The van der Waals surface area contributed by atoms with Crippen LogP contribution in [0, 0.1) is 0 Å². The fourth-order valence-corrected chi connectivity index (χ4v) is 2.78. The van der Waals surface area contributed by atoms with Crippen molar-refractivity contribution in [1.29, 1.82) is 0 Å². The Kier molecular flexibility index (Phi) is 4.92. The third-order valence-electron chi connectivity index (χ3n) is 2.82. The molecule has 0 saturated carbocycles. The maximum absolute atomic E-state index is 12.2. The molecule has 8 heteroatoms. The Balaban J connectivity index is 2.08. The number of hydrogen-bond acceptors (Lipinski definition) is 5. The molecule has 2 rings (SSSR count). The van der Waals surface area contributed by atoms with E-state index < -0.39 is 10.0 Å². The maximum atomic E-state index is 12.2. The van der Waals surface area contributed by atoms with Gasteiger partial charge < -0.3 is 5.32 Å². The summed E-state index contributed by atoms with van der Waals surface area (Å²) in [7, 11) is -1.78. The first-order chi connectivity index (χ1) is 10.0. The van der Waals surface area contributed by atoms with Gasteiger partial charge in [0.2, 0.25) is 10.0 Å². The van der Waals surface area contributed by atoms with Gasteiger partial charge in [-0.25, -0.2) is 18.1 Å². The van der Waals surface area contributed by atoms with E-state index in [9.17, 15) is 8.42 Å². The zero-order valence-corrected chi connectivity index (χ0v) is 12.9. The van der Waals surface area contributed by atoms with Crippen LogP contribution in [0.3, 0.4) is 0 Å². The van der Waals surface area contributed by atoms with Crippen LogP contribution < -0.4 is 10.0 Å². The third-order valence-corrected chi connectivity index (χ3v) is 4.22. The number of sulfonamides is 1. The summed E-state index contributed by atoms with van der Waals surface area (Å²) in [5.41, 5.74) is 0.805. The Morgan fingerprint density at radius 2 is 2.19 bits per heavy atom. The summed E-state index contributed by atoms with van der Waals surface area (Å²) in [4.78, 5) is 4.29. The number of aryl methyl sites for hydroxylation is 1. The largest absolute Gasteiger partial charge is 0.370 e. The predicted octanol–water partition coefficient (Wildman–Crippen LogP) is 1.12. The molecule has 0 radical (unpaired) electrons. The molecule has 0 atom stereocenters. The molecule has 0 bridgehead atoms. The second-order valence-corrected chi connectivity index (χ2v) is 6.42. The maximum Gasteiger partial charge on any atom is 0.241 e. The Morgan fingerprint density at radius 1 is 1.38 bits per heavy atom. The van der Waals surface area contributed by atoms with Crippen molar-refractivity contribution < 1.29 is 8.42 Å². The van der Waals surface area contributed by atoms with Gasteiger partial charge in [-0.1, -0.05) is 6.92 Å². The first kappa shape index (κ1) is 15.5. The van der Waals surface area contributed by atoms with Crippen LogP contribution >= 0.6 is 0 Å². The van der Waals surface area contributed by atoms with Crippen LogP contribution in [0.4, 0.5) is 5.82 Å². The number of pyridine rings is 1. The highest BCUT2D eigenvalue weighted by Crippen LogP contribution is 2.13. The van der Waals surface area contributed by atoms with Gasteiger partial charge in [-0.2, -0.15) is 5.10 Å². The van der Waals surface area contributed by atoms with Crippen molar-refractivity contribution >= 4 is 15.8 Å². The minimum absolute atomic E-state index is 0.194. The van der Waals surface area contributed by atoms with Crippen molar-refractivity contribution in [3.8, 4) is 0 Å². The number of nitrogens with one attached hydrogen (secondary N) is 2. The fourth-order valence-electron chi connectivity index (χ4n) is 1.75. The molecule has 0 aliphatic heterocycles. The van der Waals surface area contributed by atoms with Gasteiger partial charge in [-0.15, -0.1) is 0 Å². The first-order valence-corrected chi connectivity index (χ1v) is 8.16. The summed E-state index contributed by atoms with van der Waals surface area (Å²) >= 11 is 0. The van der Waals surface area contributed by atoms with Crippen molar-refractivity contribution in [2.24, 2.45) is 7.05 Å². The molecule has 0 aliphatic carbocycles. The lowest BCUT2D eigenvalue weighted by Crippen LogP contribution is -2.23.